The van der Waals surface area contributed by atoms with Crippen LogP contribution in [0.25, 0.3) is 11.3 Å². The van der Waals surface area contributed by atoms with Gasteiger partial charge in [-0.25, -0.2) is 4.99 Å². The van der Waals surface area contributed by atoms with E-state index in [0.29, 0.717) is 13.1 Å². The van der Waals surface area contributed by atoms with E-state index >= 15 is 0 Å². The number of likely N-dealkylation sites (tertiary alicyclic amines) is 1. The summed E-state index contributed by atoms with van der Waals surface area (Å²) in [4.78, 5) is 6.68. The number of guanidine groups is 1. The van der Waals surface area contributed by atoms with Gasteiger partial charge in [0.15, 0.2) is 11.7 Å². The lowest BCUT2D eigenvalue weighted by molar-refractivity contribution is 0.188. The summed E-state index contributed by atoms with van der Waals surface area (Å²) in [5.41, 5.74) is 1.80. The maximum Gasteiger partial charge on any atom is 0.194 e. The molecule has 3 rings (SSSR count). The van der Waals surface area contributed by atoms with Crippen LogP contribution in [0.2, 0.25) is 0 Å². The van der Waals surface area contributed by atoms with E-state index < -0.39 is 0 Å². The van der Waals surface area contributed by atoms with Crippen molar-refractivity contribution < 1.29 is 9.63 Å². The minimum atomic E-state index is -0.268. The molecule has 1 aliphatic rings. The third kappa shape index (κ3) is 3.90. The Hall–Kier alpha value is -2.34. The fourth-order valence-electron chi connectivity index (χ4n) is 2.64. The number of benzene rings is 1. The number of aliphatic hydroxyl groups is 1. The van der Waals surface area contributed by atoms with E-state index in [1.54, 1.807) is 0 Å². The molecule has 1 fully saturated rings. The second-order valence-corrected chi connectivity index (χ2v) is 5.61. The molecule has 1 aromatic carbocycles. The molecule has 0 radical (unpaired) electrons. The van der Waals surface area contributed by atoms with Crippen LogP contribution < -0.4 is 5.32 Å². The Morgan fingerprint density at radius 1 is 1.43 bits per heavy atom. The van der Waals surface area contributed by atoms with Gasteiger partial charge in [-0.3, -0.25) is 0 Å². The molecule has 2 N–H and O–H groups in total. The molecule has 0 saturated carbocycles. The van der Waals surface area contributed by atoms with Gasteiger partial charge in [0.25, 0.3) is 0 Å². The first-order valence-corrected chi connectivity index (χ1v) is 7.98. The lowest BCUT2D eigenvalue weighted by atomic mass is 10.2. The number of aliphatic hydroxyl groups excluding tert-OH is 1. The number of aliphatic imine (C=N–C) groups is 1. The number of nitrogens with one attached hydrogen (secondary N) is 1. The number of hydrogen-bond donors (Lipinski definition) is 2. The highest BCUT2D eigenvalue weighted by Gasteiger charge is 2.22. The number of hydrogen-bond acceptors (Lipinski definition) is 4. The minimum absolute atomic E-state index is 0.268. The van der Waals surface area contributed by atoms with Crippen molar-refractivity contribution in [3.63, 3.8) is 0 Å². The van der Waals surface area contributed by atoms with E-state index in [2.05, 4.69) is 20.4 Å². The van der Waals surface area contributed by atoms with Crippen molar-refractivity contribution in [2.24, 2.45) is 4.99 Å². The highest BCUT2D eigenvalue weighted by atomic mass is 16.5. The van der Waals surface area contributed by atoms with Crippen molar-refractivity contribution in [2.75, 3.05) is 19.6 Å². The molecule has 1 saturated heterocycles. The van der Waals surface area contributed by atoms with Crippen LogP contribution in [0, 0.1) is 0 Å². The van der Waals surface area contributed by atoms with E-state index in [0.717, 1.165) is 42.5 Å². The van der Waals surface area contributed by atoms with Crippen LogP contribution in [0.5, 0.6) is 0 Å². The molecule has 2 heterocycles. The third-order valence-electron chi connectivity index (χ3n) is 3.81. The lowest BCUT2D eigenvalue weighted by Crippen LogP contribution is -2.40. The summed E-state index contributed by atoms with van der Waals surface area (Å²) < 4.78 is 5.39. The molecule has 0 unspecified atom stereocenters. The van der Waals surface area contributed by atoms with Gasteiger partial charge < -0.3 is 19.8 Å². The Bertz CT molecular complexity index is 654. The van der Waals surface area contributed by atoms with Gasteiger partial charge in [-0.1, -0.05) is 35.5 Å². The standard InChI is InChI=1S/C17H22N4O2/c1-2-18-17(21-9-8-15(22)12-21)19-11-14-10-16(23-20-14)13-6-4-3-5-7-13/h3-7,10,15,22H,2,8-9,11-12H2,1H3,(H,18,19)/t15-/m1/s1. The van der Waals surface area contributed by atoms with Gasteiger partial charge >= 0.3 is 0 Å². The summed E-state index contributed by atoms with van der Waals surface area (Å²) in [6.07, 6.45) is 0.516. The fraction of sp³-hybridized carbons (Fsp3) is 0.412. The summed E-state index contributed by atoms with van der Waals surface area (Å²) in [6, 6.07) is 11.8. The van der Waals surface area contributed by atoms with Crippen molar-refractivity contribution in [3.05, 3.63) is 42.1 Å². The van der Waals surface area contributed by atoms with Gasteiger partial charge in [-0.05, 0) is 13.3 Å². The molecule has 1 aromatic heterocycles. The second kappa shape index (κ2) is 7.28. The second-order valence-electron chi connectivity index (χ2n) is 5.61. The summed E-state index contributed by atoms with van der Waals surface area (Å²) in [6.45, 7) is 4.72. The average Bonchev–Trinajstić information content (AvgIpc) is 3.21. The number of aromatic nitrogens is 1. The molecule has 0 aliphatic carbocycles. The molecule has 6 nitrogen and oxygen atoms in total. The highest BCUT2D eigenvalue weighted by Crippen LogP contribution is 2.20. The molecule has 1 atom stereocenters. The van der Waals surface area contributed by atoms with Gasteiger partial charge in [0.1, 0.15) is 5.69 Å². The van der Waals surface area contributed by atoms with E-state index in [4.69, 9.17) is 4.52 Å². The highest BCUT2D eigenvalue weighted by molar-refractivity contribution is 5.80. The van der Waals surface area contributed by atoms with Gasteiger partial charge in [-0.15, -0.1) is 0 Å². The predicted molar refractivity (Wildman–Crippen MR) is 89.0 cm³/mol. The van der Waals surface area contributed by atoms with Crippen LogP contribution in [0.3, 0.4) is 0 Å². The first kappa shape index (κ1) is 15.6. The molecule has 122 valence electrons. The quantitative estimate of drug-likeness (QED) is 0.666. The summed E-state index contributed by atoms with van der Waals surface area (Å²) in [5.74, 6) is 1.56. The Balaban J connectivity index is 1.69. The number of rotatable bonds is 4. The zero-order valence-corrected chi connectivity index (χ0v) is 13.3. The third-order valence-corrected chi connectivity index (χ3v) is 3.81. The summed E-state index contributed by atoms with van der Waals surface area (Å²) in [5, 5.41) is 17.0. The van der Waals surface area contributed by atoms with Crippen molar-refractivity contribution >= 4 is 5.96 Å². The molecule has 0 spiro atoms. The molecule has 6 heteroatoms. The Morgan fingerprint density at radius 3 is 2.96 bits per heavy atom. The molecule has 1 aliphatic heterocycles. The Morgan fingerprint density at radius 2 is 2.26 bits per heavy atom. The van der Waals surface area contributed by atoms with Crippen LogP contribution in [-0.4, -0.2) is 46.9 Å². The van der Waals surface area contributed by atoms with Crippen LogP contribution in [-0.2, 0) is 6.54 Å². The van der Waals surface area contributed by atoms with Crippen molar-refractivity contribution in [2.45, 2.75) is 26.0 Å². The first-order chi connectivity index (χ1) is 11.3. The molecule has 0 amide bonds. The molecule has 2 aromatic rings. The monoisotopic (exact) mass is 314 g/mol. The van der Waals surface area contributed by atoms with E-state index in [-0.39, 0.29) is 6.10 Å². The van der Waals surface area contributed by atoms with Crippen molar-refractivity contribution in [1.29, 1.82) is 0 Å². The molecular weight excluding hydrogens is 292 g/mol. The maximum atomic E-state index is 9.68. The van der Waals surface area contributed by atoms with Crippen molar-refractivity contribution in [1.82, 2.24) is 15.4 Å². The number of β-amino-alcohol motifs (C(OH)–C–C–N with tert-alkyl or cyclic N) is 1. The number of nitrogens with zero attached hydrogens (tertiary/aromatic N) is 3. The smallest absolute Gasteiger partial charge is 0.194 e. The maximum absolute atomic E-state index is 9.68. The molecule has 23 heavy (non-hydrogen) atoms. The van der Waals surface area contributed by atoms with Crippen LogP contribution in [0.1, 0.15) is 19.0 Å². The molecule has 0 bridgehead atoms. The zero-order valence-electron chi connectivity index (χ0n) is 13.3. The predicted octanol–water partition coefficient (Wildman–Crippen LogP) is 1.87. The van der Waals surface area contributed by atoms with E-state index in [1.165, 1.54) is 0 Å². The van der Waals surface area contributed by atoms with Crippen LogP contribution in [0.4, 0.5) is 0 Å². The van der Waals surface area contributed by atoms with Gasteiger partial charge in [0.2, 0.25) is 0 Å². The van der Waals surface area contributed by atoms with Crippen LogP contribution >= 0.6 is 0 Å². The SMILES string of the molecule is CCNC(=NCc1cc(-c2ccccc2)on1)N1CC[C@@H](O)C1. The minimum Gasteiger partial charge on any atom is -0.391 e. The van der Waals surface area contributed by atoms with E-state index in [9.17, 15) is 5.11 Å². The summed E-state index contributed by atoms with van der Waals surface area (Å²) >= 11 is 0. The van der Waals surface area contributed by atoms with Crippen molar-refractivity contribution in [3.8, 4) is 11.3 Å². The zero-order chi connectivity index (χ0) is 16.1. The lowest BCUT2D eigenvalue weighted by Gasteiger charge is -2.20. The van der Waals surface area contributed by atoms with Gasteiger partial charge in [-0.2, -0.15) is 0 Å². The van der Waals surface area contributed by atoms with E-state index in [1.807, 2.05) is 43.3 Å². The fourth-order valence-corrected chi connectivity index (χ4v) is 2.64. The molecular formula is C17H22N4O2. The van der Waals surface area contributed by atoms with Gasteiger partial charge in [0.05, 0.1) is 12.6 Å². The van der Waals surface area contributed by atoms with Crippen LogP contribution in [0.15, 0.2) is 45.9 Å². The van der Waals surface area contributed by atoms with Gasteiger partial charge in [0, 0.05) is 31.3 Å². The Kier molecular flexibility index (Phi) is 4.92. The first-order valence-electron chi connectivity index (χ1n) is 7.98. The normalized spacial score (nSPS) is 18.4. The Labute approximate surface area is 135 Å². The summed E-state index contributed by atoms with van der Waals surface area (Å²) in [7, 11) is 0. The average molecular weight is 314 g/mol. The largest absolute Gasteiger partial charge is 0.391 e. The topological polar surface area (TPSA) is 73.9 Å².